The third-order valence-corrected chi connectivity index (χ3v) is 20.4. The van der Waals surface area contributed by atoms with E-state index >= 15 is 0 Å². The molecular formula is C81H102Cl6N10O17S2. The van der Waals surface area contributed by atoms with Crippen LogP contribution in [0.5, 0.6) is 0 Å². The third-order valence-electron chi connectivity index (χ3n) is 18.5. The Kier molecular flexibility index (Phi) is 36.6. The van der Waals surface area contributed by atoms with Gasteiger partial charge in [-0.2, -0.15) is 0 Å². The predicted molar refractivity (Wildman–Crippen MR) is 448 cm³/mol. The number of carboxylic acids is 1. The van der Waals surface area contributed by atoms with Gasteiger partial charge in [0, 0.05) is 79.1 Å². The number of aliphatic carboxylic acids is 1. The van der Waals surface area contributed by atoms with Gasteiger partial charge in [-0.1, -0.05) is 158 Å². The number of rotatable bonds is 31. The first-order valence-electron chi connectivity index (χ1n) is 37.6. The molecule has 27 nitrogen and oxygen atoms in total. The van der Waals surface area contributed by atoms with Gasteiger partial charge in [0.25, 0.3) is 15.8 Å². The Morgan fingerprint density at radius 1 is 0.603 bits per heavy atom. The fraction of sp³-hybridized carbons (Fsp3) is 0.519. The number of amides is 4. The van der Waals surface area contributed by atoms with Crippen molar-refractivity contribution in [3.63, 3.8) is 0 Å². The Hall–Kier alpha value is -7.81. The molecule has 5 N–H and O–H groups in total. The molecule has 4 amide bonds. The lowest BCUT2D eigenvalue weighted by Crippen LogP contribution is -2.61. The summed E-state index contributed by atoms with van der Waals surface area (Å²) in [4.78, 5) is 158. The first kappa shape index (κ1) is 97.0. The first-order valence-corrected chi connectivity index (χ1v) is 41.7. The molecule has 2 fully saturated rings. The number of allylic oxidation sites excluding steroid dienone is 1. The molecule has 8 rings (SSSR count). The van der Waals surface area contributed by atoms with Gasteiger partial charge in [0.15, 0.2) is 5.78 Å². The number of carboxylic acid groups (broad SMARTS) is 1. The Bertz CT molecular complexity index is 4470. The van der Waals surface area contributed by atoms with Crippen LogP contribution in [0.3, 0.4) is 0 Å². The standard InChI is InChI=1S/C38H46Cl3N5O7S.C24H35Cl3N4O6S.C19H21NO4/c1-22(2)28(18-34(49)37(5,6)14-13-25-9-10-26-11-12-29(43-31(26)16-25)23(3)53-24(4)47)35(50)44-32(17-27-20-54-21-42-27)36(51)46-15-7-8-30(45-46)33(48)19-52-38(39,40)41;1-14(2)16(10-19(32)37-23(3,4)5)20(33)29-18(9-15-11-38-13-28-15)21(34)31-8-6-7-17(30-31)22(35)36-12-24(25,26)27;1-12(24-13(2)21)16-8-7-15-6-5-14(11-17(15)20-16)9-10-19(3,4)18(22)23/h9-14,16,20-23,28,30,32,45H,7-8,15,17-19H2,1-6H3,(H,44,50);11,13-14,16-18,30H,6-10,12H2,1-5H3,(H,29,33);5-12H,1-4H3,(H,22,23)/b14-13+;;10-9+/t23-,28+,30+,32+;16-,17-,18-;12-/m101/s1. The number of halogens is 6. The summed E-state index contributed by atoms with van der Waals surface area (Å²) < 4.78 is 22.1. The number of Topliss-reactive ketones (excluding diaryl/α,β-unsaturated/α-hetero) is 2. The van der Waals surface area contributed by atoms with Crippen molar-refractivity contribution in [3.05, 3.63) is 128 Å². The average Bonchev–Trinajstić information content (AvgIpc) is 0.960. The van der Waals surface area contributed by atoms with Crippen LogP contribution < -0.4 is 21.5 Å². The van der Waals surface area contributed by atoms with E-state index in [0.29, 0.717) is 67.1 Å². The van der Waals surface area contributed by atoms with Crippen molar-refractivity contribution in [2.24, 2.45) is 34.5 Å². The summed E-state index contributed by atoms with van der Waals surface area (Å²) in [6, 6.07) is 15.4. The van der Waals surface area contributed by atoms with E-state index in [0.717, 1.165) is 27.4 Å². The molecule has 0 saturated carbocycles. The second-order valence-corrected chi connectivity index (χ2v) is 37.1. The molecule has 2 saturated heterocycles. The van der Waals surface area contributed by atoms with Gasteiger partial charge in [-0.25, -0.2) is 30.8 Å². The van der Waals surface area contributed by atoms with Crippen molar-refractivity contribution in [2.75, 3.05) is 26.3 Å². The molecule has 6 heterocycles. The van der Waals surface area contributed by atoms with Crippen LogP contribution in [0.2, 0.25) is 0 Å². The van der Waals surface area contributed by atoms with Crippen molar-refractivity contribution in [1.82, 2.24) is 51.4 Å². The number of alkyl halides is 6. The number of hydrogen-bond acceptors (Lipinski definition) is 24. The van der Waals surface area contributed by atoms with Gasteiger partial charge in [0.1, 0.15) is 54.9 Å². The number of hydrogen-bond donors (Lipinski definition) is 5. The monoisotopic (exact) mass is 1760 g/mol. The predicted octanol–water partition coefficient (Wildman–Crippen LogP) is 14.3. The van der Waals surface area contributed by atoms with E-state index in [1.54, 1.807) is 96.2 Å². The topological polar surface area (TPSA) is 360 Å². The van der Waals surface area contributed by atoms with Crippen molar-refractivity contribution < 1.29 is 81.5 Å². The minimum atomic E-state index is -2.06. The van der Waals surface area contributed by atoms with Gasteiger partial charge in [-0.3, -0.25) is 62.8 Å². The highest BCUT2D eigenvalue weighted by molar-refractivity contribution is 7.07. The Balaban J connectivity index is 0.000000292. The van der Waals surface area contributed by atoms with E-state index in [1.807, 2.05) is 101 Å². The molecular weight excluding hydrogens is 1660 g/mol. The maximum Gasteiger partial charge on any atom is 0.325 e. The van der Waals surface area contributed by atoms with Crippen LogP contribution in [0.1, 0.15) is 188 Å². The van der Waals surface area contributed by atoms with Crippen LogP contribution in [0.15, 0.2) is 94.6 Å². The lowest BCUT2D eigenvalue weighted by molar-refractivity contribution is -0.158. The maximum atomic E-state index is 13.9. The molecule has 2 aliphatic heterocycles. The highest BCUT2D eigenvalue weighted by Crippen LogP contribution is 2.32. The highest BCUT2D eigenvalue weighted by atomic mass is 35.6. The number of aromatic nitrogens is 4. The fourth-order valence-corrected chi connectivity index (χ4v) is 13.3. The van der Waals surface area contributed by atoms with Gasteiger partial charge in [0.2, 0.25) is 15.6 Å². The van der Waals surface area contributed by atoms with Crippen LogP contribution in [0.4, 0.5) is 0 Å². The van der Waals surface area contributed by atoms with Crippen molar-refractivity contribution >= 4 is 191 Å². The molecule has 116 heavy (non-hydrogen) atoms. The van der Waals surface area contributed by atoms with Crippen LogP contribution in [0, 0.1) is 34.5 Å². The number of ether oxygens (including phenoxy) is 5. The average molecular weight is 1760 g/mol. The SMILES string of the molecule is CC(=O)O[C@H](C)c1ccc2ccc(/C=C/C(C)(C)C(=O)C[C@H](C(=O)N[C@@H](Cc3cscn3)C(=O)N3CCC[C@@H](C(=O)COC(Cl)(Cl)Cl)N3)C(C)C)cc2n1.CC(=O)O[C@H](C)c1ccc2ccc(/C=C/C(C)(C)C(=O)O)cc2n1.CC(C)[C@H](CC(=O)OC(C)(C)C)C(=O)N[C@@H](Cc1cscn1)C(=O)N1CCC[C@@H](C(=O)OCC(Cl)(Cl)Cl)N1. The zero-order valence-electron chi connectivity index (χ0n) is 67.4. The Labute approximate surface area is 713 Å². The van der Waals surface area contributed by atoms with Gasteiger partial charge < -0.3 is 39.4 Å². The Morgan fingerprint density at radius 3 is 1.44 bits per heavy atom. The van der Waals surface area contributed by atoms with Gasteiger partial charge in [-0.05, 0) is 135 Å². The maximum absolute atomic E-state index is 13.9. The largest absolute Gasteiger partial charge is 0.481 e. The van der Waals surface area contributed by atoms with Crippen molar-refractivity contribution in [3.8, 4) is 0 Å². The fourth-order valence-electron chi connectivity index (χ4n) is 11.9. The van der Waals surface area contributed by atoms with E-state index in [2.05, 4.69) is 41.4 Å². The summed E-state index contributed by atoms with van der Waals surface area (Å²) in [6.07, 6.45) is 8.10. The zero-order valence-corrected chi connectivity index (χ0v) is 73.6. The van der Waals surface area contributed by atoms with Gasteiger partial charge >= 0.3 is 29.8 Å². The minimum absolute atomic E-state index is 0.0587. The number of nitrogens with zero attached hydrogens (tertiary/aromatic N) is 6. The number of carbonyl (C=O) groups is 11. The molecule has 0 bridgehead atoms. The number of benzene rings is 2. The molecule has 0 unspecified atom stereocenters. The van der Waals surface area contributed by atoms with E-state index in [4.69, 9.17) is 98.4 Å². The molecule has 632 valence electrons. The normalized spacial score (nSPS) is 16.5. The second kappa shape index (κ2) is 43.8. The number of nitrogens with one attached hydrogen (secondary N) is 4. The van der Waals surface area contributed by atoms with Crippen LogP contribution in [-0.4, -0.2) is 164 Å². The molecule has 0 aliphatic carbocycles. The molecule has 8 atom stereocenters. The number of hydrazine groups is 2. The van der Waals surface area contributed by atoms with Crippen LogP contribution >= 0.6 is 92.3 Å². The minimum Gasteiger partial charge on any atom is -0.481 e. The number of fused-ring (bicyclic) bond motifs is 2. The number of esters is 4. The third kappa shape index (κ3) is 32.1. The van der Waals surface area contributed by atoms with E-state index in [1.165, 1.54) is 46.5 Å². The van der Waals surface area contributed by atoms with Crippen molar-refractivity contribution in [1.29, 1.82) is 0 Å². The van der Waals surface area contributed by atoms with E-state index in [9.17, 15) is 52.7 Å². The summed E-state index contributed by atoms with van der Waals surface area (Å²) in [7, 11) is 0. The molecule has 0 radical (unpaired) electrons. The Morgan fingerprint density at radius 2 is 1.03 bits per heavy atom. The smallest absolute Gasteiger partial charge is 0.325 e. The summed E-state index contributed by atoms with van der Waals surface area (Å²) in [6.45, 7) is 25.5. The van der Waals surface area contributed by atoms with Crippen LogP contribution in [-0.2, 0) is 89.3 Å². The zero-order chi connectivity index (χ0) is 86.4. The lowest BCUT2D eigenvalue weighted by atomic mass is 9.79. The van der Waals surface area contributed by atoms with Gasteiger partial charge in [-0.15, -0.1) is 22.7 Å². The quantitative estimate of drug-likeness (QED) is 0.0153. The molecule has 4 aromatic heterocycles. The lowest BCUT2D eigenvalue weighted by Gasteiger charge is -2.36. The summed E-state index contributed by atoms with van der Waals surface area (Å²) in [5.41, 5.74) is 12.2. The highest BCUT2D eigenvalue weighted by Gasteiger charge is 2.40. The summed E-state index contributed by atoms with van der Waals surface area (Å²) >= 11 is 36.6. The molecule has 2 aliphatic rings. The molecule has 2 aromatic carbocycles. The number of pyridine rings is 2. The number of ketones is 2. The number of thiazole rings is 2. The van der Waals surface area contributed by atoms with Crippen LogP contribution in [0.25, 0.3) is 34.0 Å². The van der Waals surface area contributed by atoms with E-state index in [-0.39, 0.29) is 55.2 Å². The van der Waals surface area contributed by atoms with Crippen molar-refractivity contribution in [2.45, 2.75) is 205 Å². The number of carbonyl (C=O) groups excluding carboxylic acids is 10. The first-order chi connectivity index (χ1) is 54.1. The summed E-state index contributed by atoms with van der Waals surface area (Å²) in [5, 5.41) is 22.9. The summed E-state index contributed by atoms with van der Waals surface area (Å²) in [5.74, 6) is -6.99. The second-order valence-electron chi connectivity index (χ2n) is 31.0. The molecule has 6 aromatic rings. The molecule has 0 spiro atoms. The molecule has 35 heteroatoms. The van der Waals surface area contributed by atoms with Gasteiger partial charge in [0.05, 0.1) is 68.6 Å². The van der Waals surface area contributed by atoms with E-state index < -0.39 is 133 Å².